The van der Waals surface area contributed by atoms with Gasteiger partial charge in [-0.15, -0.1) is 11.6 Å². The summed E-state index contributed by atoms with van der Waals surface area (Å²) in [6.45, 7) is 6.41. The highest BCUT2D eigenvalue weighted by molar-refractivity contribution is 6.20. The van der Waals surface area contributed by atoms with Gasteiger partial charge >= 0.3 is 0 Å². The molecular formula is C16H21ClN2O2. The standard InChI is InChI=1S/C16H21ClN2O2/c1-10(2)14(9-21-4)19-15(11(3)17)18-13-8-6-5-7-12(13)16(19)20/h5-8,10-11,14H,9H2,1-4H3. The van der Waals surface area contributed by atoms with E-state index in [1.165, 1.54) is 0 Å². The molecule has 21 heavy (non-hydrogen) atoms. The summed E-state index contributed by atoms with van der Waals surface area (Å²) in [6.07, 6.45) is 0. The number of ether oxygens (including phenoxy) is 1. The SMILES string of the molecule is COCC(C(C)C)n1c(C(C)Cl)nc2ccccc2c1=O. The molecular weight excluding hydrogens is 288 g/mol. The van der Waals surface area contributed by atoms with Gasteiger partial charge in [0.05, 0.1) is 28.9 Å². The van der Waals surface area contributed by atoms with Gasteiger partial charge in [0.2, 0.25) is 0 Å². The lowest BCUT2D eigenvalue weighted by molar-refractivity contribution is 0.129. The first kappa shape index (κ1) is 16.0. The molecule has 0 aliphatic heterocycles. The number of benzene rings is 1. The monoisotopic (exact) mass is 308 g/mol. The predicted octanol–water partition coefficient (Wildman–Crippen LogP) is 3.54. The Morgan fingerprint density at radius 2 is 1.95 bits per heavy atom. The zero-order chi connectivity index (χ0) is 15.6. The Morgan fingerprint density at radius 3 is 2.52 bits per heavy atom. The highest BCUT2D eigenvalue weighted by atomic mass is 35.5. The average molecular weight is 309 g/mol. The molecule has 0 saturated heterocycles. The molecule has 2 aromatic rings. The van der Waals surface area contributed by atoms with E-state index >= 15 is 0 Å². The summed E-state index contributed by atoms with van der Waals surface area (Å²) in [5, 5.41) is 0.265. The van der Waals surface area contributed by atoms with E-state index in [-0.39, 0.29) is 22.9 Å². The van der Waals surface area contributed by atoms with Gasteiger partial charge in [-0.1, -0.05) is 26.0 Å². The summed E-state index contributed by atoms with van der Waals surface area (Å²) < 4.78 is 6.99. The van der Waals surface area contributed by atoms with Gasteiger partial charge in [0.25, 0.3) is 5.56 Å². The molecule has 0 radical (unpaired) electrons. The molecule has 5 heteroatoms. The van der Waals surface area contributed by atoms with Crippen LogP contribution in [0.4, 0.5) is 0 Å². The van der Waals surface area contributed by atoms with Crippen LogP contribution in [0.25, 0.3) is 10.9 Å². The van der Waals surface area contributed by atoms with Crippen molar-refractivity contribution >= 4 is 22.5 Å². The van der Waals surface area contributed by atoms with Crippen LogP contribution in [0, 0.1) is 5.92 Å². The lowest BCUT2D eigenvalue weighted by atomic mass is 10.0. The summed E-state index contributed by atoms with van der Waals surface area (Å²) >= 11 is 6.27. The number of rotatable bonds is 5. The second-order valence-electron chi connectivity index (χ2n) is 5.55. The fourth-order valence-corrected chi connectivity index (χ4v) is 2.65. The van der Waals surface area contributed by atoms with Crippen molar-refractivity contribution in [2.45, 2.75) is 32.2 Å². The molecule has 0 aliphatic rings. The maximum atomic E-state index is 12.9. The van der Waals surface area contributed by atoms with Gasteiger partial charge in [0.15, 0.2) is 0 Å². The Kier molecular flexibility index (Phi) is 5.01. The van der Waals surface area contributed by atoms with Crippen LogP contribution in [0.2, 0.25) is 0 Å². The Balaban J connectivity index is 2.78. The summed E-state index contributed by atoms with van der Waals surface area (Å²) in [5.74, 6) is 0.830. The normalized spacial score (nSPS) is 14.6. The van der Waals surface area contributed by atoms with Gasteiger partial charge in [-0.25, -0.2) is 4.98 Å². The zero-order valence-corrected chi connectivity index (χ0v) is 13.6. The molecule has 1 aromatic heterocycles. The summed E-state index contributed by atoms with van der Waals surface area (Å²) in [6, 6.07) is 7.27. The van der Waals surface area contributed by atoms with Gasteiger partial charge in [-0.2, -0.15) is 0 Å². The number of halogens is 1. The number of aromatic nitrogens is 2. The molecule has 0 aliphatic carbocycles. The van der Waals surface area contributed by atoms with Crippen LogP contribution in [0.1, 0.15) is 38.0 Å². The fraction of sp³-hybridized carbons (Fsp3) is 0.500. The maximum Gasteiger partial charge on any atom is 0.261 e. The van der Waals surface area contributed by atoms with Gasteiger partial charge in [0.1, 0.15) is 5.82 Å². The van der Waals surface area contributed by atoms with Crippen molar-refractivity contribution in [3.05, 3.63) is 40.4 Å². The van der Waals surface area contributed by atoms with Crippen molar-refractivity contribution in [1.29, 1.82) is 0 Å². The molecule has 0 amide bonds. The second kappa shape index (κ2) is 6.58. The van der Waals surface area contributed by atoms with E-state index in [9.17, 15) is 4.79 Å². The number of hydrogen-bond acceptors (Lipinski definition) is 3. The first-order valence-electron chi connectivity index (χ1n) is 7.11. The lowest BCUT2D eigenvalue weighted by Gasteiger charge is -2.26. The number of fused-ring (bicyclic) bond motifs is 1. The van der Waals surface area contributed by atoms with Crippen LogP contribution >= 0.6 is 11.6 Å². The molecule has 0 fully saturated rings. The minimum atomic E-state index is -0.347. The van der Waals surface area contributed by atoms with Crippen molar-refractivity contribution in [1.82, 2.24) is 9.55 Å². The number of alkyl halides is 1. The molecule has 2 unspecified atom stereocenters. The largest absolute Gasteiger partial charge is 0.383 e. The summed E-state index contributed by atoms with van der Waals surface area (Å²) in [4.78, 5) is 17.5. The van der Waals surface area contributed by atoms with E-state index in [4.69, 9.17) is 16.3 Å². The van der Waals surface area contributed by atoms with Crippen LogP contribution < -0.4 is 5.56 Å². The highest BCUT2D eigenvalue weighted by Gasteiger charge is 2.24. The van der Waals surface area contributed by atoms with Gasteiger partial charge in [-0.05, 0) is 25.0 Å². The van der Waals surface area contributed by atoms with Gasteiger partial charge in [-0.3, -0.25) is 9.36 Å². The van der Waals surface area contributed by atoms with E-state index in [0.29, 0.717) is 23.3 Å². The molecule has 1 aromatic carbocycles. The quantitative estimate of drug-likeness (QED) is 0.794. The third-order valence-electron chi connectivity index (χ3n) is 3.63. The van der Waals surface area contributed by atoms with Crippen molar-refractivity contribution in [2.24, 2.45) is 5.92 Å². The third-order valence-corrected chi connectivity index (χ3v) is 3.82. The van der Waals surface area contributed by atoms with Crippen LogP contribution in [0.5, 0.6) is 0 Å². The van der Waals surface area contributed by atoms with Crippen LogP contribution in [0.3, 0.4) is 0 Å². The Bertz CT molecular complexity index is 680. The Labute approximate surface area is 129 Å². The molecule has 0 saturated carbocycles. The maximum absolute atomic E-state index is 12.9. The van der Waals surface area contributed by atoms with Gasteiger partial charge < -0.3 is 4.74 Å². The minimum absolute atomic E-state index is 0.0566. The fourth-order valence-electron chi connectivity index (χ4n) is 2.50. The molecule has 0 bridgehead atoms. The van der Waals surface area contributed by atoms with Crippen molar-refractivity contribution in [2.75, 3.05) is 13.7 Å². The number of methoxy groups -OCH3 is 1. The van der Waals surface area contributed by atoms with E-state index in [1.54, 1.807) is 17.7 Å². The number of nitrogens with zero attached hydrogens (tertiary/aromatic N) is 2. The van der Waals surface area contributed by atoms with E-state index < -0.39 is 0 Å². The molecule has 0 N–H and O–H groups in total. The summed E-state index contributed by atoms with van der Waals surface area (Å²) in [7, 11) is 1.64. The predicted molar refractivity (Wildman–Crippen MR) is 86.0 cm³/mol. The lowest BCUT2D eigenvalue weighted by Crippen LogP contribution is -2.34. The van der Waals surface area contributed by atoms with Crippen LogP contribution in [-0.4, -0.2) is 23.3 Å². The smallest absolute Gasteiger partial charge is 0.261 e. The van der Waals surface area contributed by atoms with E-state index in [0.717, 1.165) is 0 Å². The molecule has 2 atom stereocenters. The van der Waals surface area contributed by atoms with Crippen molar-refractivity contribution in [3.63, 3.8) is 0 Å². The number of hydrogen-bond donors (Lipinski definition) is 0. The Morgan fingerprint density at radius 1 is 1.29 bits per heavy atom. The zero-order valence-electron chi connectivity index (χ0n) is 12.8. The van der Waals surface area contributed by atoms with Crippen LogP contribution in [-0.2, 0) is 4.74 Å². The Hall–Kier alpha value is -1.39. The molecule has 4 nitrogen and oxygen atoms in total. The van der Waals surface area contributed by atoms with Crippen molar-refractivity contribution in [3.8, 4) is 0 Å². The van der Waals surface area contributed by atoms with E-state index in [2.05, 4.69) is 18.8 Å². The average Bonchev–Trinajstić information content (AvgIpc) is 2.45. The van der Waals surface area contributed by atoms with Crippen LogP contribution in [0.15, 0.2) is 29.1 Å². The first-order valence-corrected chi connectivity index (χ1v) is 7.55. The molecule has 114 valence electrons. The highest BCUT2D eigenvalue weighted by Crippen LogP contribution is 2.25. The van der Waals surface area contributed by atoms with E-state index in [1.807, 2.05) is 25.1 Å². The topological polar surface area (TPSA) is 44.1 Å². The van der Waals surface area contributed by atoms with Gasteiger partial charge in [0, 0.05) is 7.11 Å². The molecule has 1 heterocycles. The van der Waals surface area contributed by atoms with Crippen molar-refractivity contribution < 1.29 is 4.74 Å². The molecule has 0 spiro atoms. The first-order chi connectivity index (χ1) is 9.97. The summed E-state index contributed by atoms with van der Waals surface area (Å²) in [5.41, 5.74) is 0.625. The minimum Gasteiger partial charge on any atom is -0.383 e. The number of para-hydroxylation sites is 1. The third kappa shape index (κ3) is 3.11. The molecule has 2 rings (SSSR count). The second-order valence-corrected chi connectivity index (χ2v) is 6.20.